The van der Waals surface area contributed by atoms with Gasteiger partial charge in [0.05, 0.1) is 11.6 Å². The lowest BCUT2D eigenvalue weighted by Crippen LogP contribution is -2.46. The second kappa shape index (κ2) is 3.13. The first-order valence-corrected chi connectivity index (χ1v) is 4.71. The smallest absolute Gasteiger partial charge is 0.160 e. The van der Waals surface area contributed by atoms with Gasteiger partial charge in [-0.1, -0.05) is 0 Å². The van der Waals surface area contributed by atoms with E-state index in [2.05, 4.69) is 0 Å². The van der Waals surface area contributed by atoms with Gasteiger partial charge in [0.15, 0.2) is 5.78 Å². The van der Waals surface area contributed by atoms with Crippen LogP contribution in [0.15, 0.2) is 12.3 Å². The lowest BCUT2D eigenvalue weighted by Gasteiger charge is -2.38. The van der Waals surface area contributed by atoms with Crippen molar-refractivity contribution in [2.45, 2.75) is 45.2 Å². The fourth-order valence-electron chi connectivity index (χ4n) is 2.08. The summed E-state index contributed by atoms with van der Waals surface area (Å²) in [4.78, 5) is 13.7. The van der Waals surface area contributed by atoms with Crippen LogP contribution in [0.2, 0.25) is 0 Å². The third-order valence-electron chi connectivity index (χ3n) is 2.83. The van der Waals surface area contributed by atoms with Crippen molar-refractivity contribution in [1.82, 2.24) is 4.90 Å². The third kappa shape index (κ3) is 1.52. The van der Waals surface area contributed by atoms with E-state index in [9.17, 15) is 4.79 Å². The fraction of sp³-hybridized carbons (Fsp3) is 0.636. The summed E-state index contributed by atoms with van der Waals surface area (Å²) in [6.07, 6.45) is 3.67. The zero-order chi connectivity index (χ0) is 11.0. The highest BCUT2D eigenvalue weighted by Gasteiger charge is 2.49. The minimum absolute atomic E-state index is 0.187. The number of ketones is 1. The van der Waals surface area contributed by atoms with Crippen molar-refractivity contribution in [2.75, 3.05) is 0 Å². The van der Waals surface area contributed by atoms with Crippen LogP contribution in [0.5, 0.6) is 0 Å². The largest absolute Gasteiger partial charge is 0.359 e. The number of carbonyl (C=O) groups is 1. The Labute approximate surface area is 85.0 Å². The molecule has 1 fully saturated rings. The highest BCUT2D eigenvalue weighted by molar-refractivity contribution is 5.91. The number of hydrogen-bond donors (Lipinski definition) is 0. The fourth-order valence-corrected chi connectivity index (χ4v) is 2.08. The first-order chi connectivity index (χ1) is 6.32. The number of nitriles is 1. The number of hydrogen-bond acceptors (Lipinski definition) is 3. The van der Waals surface area contributed by atoms with Crippen LogP contribution in [0.1, 0.15) is 34.1 Å². The van der Waals surface area contributed by atoms with Gasteiger partial charge >= 0.3 is 0 Å². The van der Waals surface area contributed by atoms with Crippen molar-refractivity contribution >= 4 is 5.78 Å². The van der Waals surface area contributed by atoms with Crippen LogP contribution < -0.4 is 0 Å². The molecule has 14 heavy (non-hydrogen) atoms. The van der Waals surface area contributed by atoms with Gasteiger partial charge in [-0.25, -0.2) is 0 Å². The summed E-state index contributed by atoms with van der Waals surface area (Å²) in [5.74, 6) is 0.227. The molecule has 0 aromatic rings. The molecule has 1 rings (SSSR count). The third-order valence-corrected chi connectivity index (χ3v) is 2.83. The van der Waals surface area contributed by atoms with Crippen LogP contribution in [-0.2, 0) is 4.79 Å². The van der Waals surface area contributed by atoms with Gasteiger partial charge in [0.1, 0.15) is 0 Å². The number of rotatable bonds is 1. The first kappa shape index (κ1) is 10.8. The van der Waals surface area contributed by atoms with Crippen molar-refractivity contribution in [3.8, 4) is 6.07 Å². The standard InChI is InChI=1S/C11H16N2O/c1-10(2)8-9(14)11(3,4)13(10)7-5-6-12/h5,7H,8H2,1-4H3/b7-5+. The van der Waals surface area contributed by atoms with E-state index in [1.165, 1.54) is 6.08 Å². The van der Waals surface area contributed by atoms with Crippen molar-refractivity contribution in [3.63, 3.8) is 0 Å². The topological polar surface area (TPSA) is 44.1 Å². The molecule has 76 valence electrons. The Balaban J connectivity index is 3.06. The van der Waals surface area contributed by atoms with Gasteiger partial charge in [-0.2, -0.15) is 5.26 Å². The molecule has 0 saturated carbocycles. The van der Waals surface area contributed by atoms with Crippen molar-refractivity contribution < 1.29 is 4.79 Å². The van der Waals surface area contributed by atoms with Gasteiger partial charge in [0, 0.05) is 24.2 Å². The molecule has 0 unspecified atom stereocenters. The molecule has 0 amide bonds. The summed E-state index contributed by atoms with van der Waals surface area (Å²) in [6.45, 7) is 7.82. The van der Waals surface area contributed by atoms with Crippen molar-refractivity contribution in [2.24, 2.45) is 0 Å². The zero-order valence-electron chi connectivity index (χ0n) is 9.16. The lowest BCUT2D eigenvalue weighted by atomic mass is 9.99. The van der Waals surface area contributed by atoms with Gasteiger partial charge in [-0.3, -0.25) is 4.79 Å². The van der Waals surface area contributed by atoms with Gasteiger partial charge in [-0.15, -0.1) is 0 Å². The van der Waals surface area contributed by atoms with Crippen LogP contribution in [-0.4, -0.2) is 21.8 Å². The predicted molar refractivity (Wildman–Crippen MR) is 54.4 cm³/mol. The lowest BCUT2D eigenvalue weighted by molar-refractivity contribution is -0.122. The number of likely N-dealkylation sites (tertiary alicyclic amines) is 1. The minimum Gasteiger partial charge on any atom is -0.359 e. The number of nitrogens with zero attached hydrogens (tertiary/aromatic N) is 2. The van der Waals surface area contributed by atoms with Crippen LogP contribution in [0.25, 0.3) is 0 Å². The second-order valence-corrected chi connectivity index (χ2v) is 4.79. The maximum atomic E-state index is 11.7. The molecule has 0 radical (unpaired) electrons. The maximum absolute atomic E-state index is 11.7. The molecule has 0 aromatic carbocycles. The van der Waals surface area contributed by atoms with Gasteiger partial charge in [0.25, 0.3) is 0 Å². The van der Waals surface area contributed by atoms with E-state index in [4.69, 9.17) is 5.26 Å². The van der Waals surface area contributed by atoms with Crippen LogP contribution in [0.3, 0.4) is 0 Å². The Morgan fingerprint density at radius 1 is 1.43 bits per heavy atom. The van der Waals surface area contributed by atoms with E-state index < -0.39 is 5.54 Å². The predicted octanol–water partition coefficient (Wildman–Crippen LogP) is 1.86. The molecule has 0 aromatic heterocycles. The highest BCUT2D eigenvalue weighted by atomic mass is 16.1. The summed E-state index contributed by atoms with van der Waals surface area (Å²) in [5, 5.41) is 8.48. The van der Waals surface area contributed by atoms with Crippen LogP contribution >= 0.6 is 0 Å². The van der Waals surface area contributed by atoms with Gasteiger partial charge in [0.2, 0.25) is 0 Å². The Morgan fingerprint density at radius 3 is 2.36 bits per heavy atom. The summed E-state index contributed by atoms with van der Waals surface area (Å²) < 4.78 is 0. The normalized spacial score (nSPS) is 24.2. The Hall–Kier alpha value is -1.30. The number of allylic oxidation sites excluding steroid dienone is 1. The maximum Gasteiger partial charge on any atom is 0.160 e. The van der Waals surface area contributed by atoms with E-state index in [1.54, 1.807) is 6.20 Å². The number of carbonyl (C=O) groups excluding carboxylic acids is 1. The van der Waals surface area contributed by atoms with E-state index in [0.29, 0.717) is 6.42 Å². The molecule has 0 N–H and O–H groups in total. The molecule has 1 heterocycles. The summed E-state index contributed by atoms with van der Waals surface area (Å²) in [6, 6.07) is 1.95. The highest BCUT2D eigenvalue weighted by Crippen LogP contribution is 2.37. The van der Waals surface area contributed by atoms with Crippen molar-refractivity contribution in [3.05, 3.63) is 12.3 Å². The Morgan fingerprint density at radius 2 is 2.00 bits per heavy atom. The zero-order valence-corrected chi connectivity index (χ0v) is 9.16. The molecular weight excluding hydrogens is 176 g/mol. The Bertz CT molecular complexity index is 321. The summed E-state index contributed by atoms with van der Waals surface area (Å²) in [5.41, 5.74) is -0.676. The van der Waals surface area contributed by atoms with E-state index >= 15 is 0 Å². The molecule has 3 heteroatoms. The molecule has 1 saturated heterocycles. The average Bonchev–Trinajstić information content (AvgIpc) is 2.16. The summed E-state index contributed by atoms with van der Waals surface area (Å²) in [7, 11) is 0. The van der Waals surface area contributed by atoms with E-state index in [1.807, 2.05) is 38.7 Å². The van der Waals surface area contributed by atoms with E-state index in [-0.39, 0.29) is 11.3 Å². The van der Waals surface area contributed by atoms with E-state index in [0.717, 1.165) is 0 Å². The molecule has 0 aliphatic carbocycles. The molecule has 1 aliphatic heterocycles. The summed E-state index contributed by atoms with van der Waals surface area (Å²) >= 11 is 0. The molecular formula is C11H16N2O. The molecule has 3 nitrogen and oxygen atoms in total. The van der Waals surface area contributed by atoms with Crippen LogP contribution in [0.4, 0.5) is 0 Å². The minimum atomic E-state index is -0.489. The van der Waals surface area contributed by atoms with Gasteiger partial charge in [-0.05, 0) is 27.7 Å². The molecule has 0 bridgehead atoms. The van der Waals surface area contributed by atoms with Gasteiger partial charge < -0.3 is 4.90 Å². The Kier molecular flexibility index (Phi) is 2.41. The molecule has 1 aliphatic rings. The second-order valence-electron chi connectivity index (χ2n) is 4.79. The van der Waals surface area contributed by atoms with Crippen molar-refractivity contribution in [1.29, 1.82) is 5.26 Å². The molecule has 0 atom stereocenters. The SMILES string of the molecule is CC1(C)CC(=O)C(C)(C)N1/C=C/C#N. The molecule has 0 spiro atoms. The average molecular weight is 192 g/mol. The monoisotopic (exact) mass is 192 g/mol. The van der Waals surface area contributed by atoms with Crippen LogP contribution in [0, 0.1) is 11.3 Å². The quantitative estimate of drug-likeness (QED) is 0.595. The first-order valence-electron chi connectivity index (χ1n) is 4.71. The number of Topliss-reactive ketones (excluding diaryl/α,β-unsaturated/α-hetero) is 1.